The van der Waals surface area contributed by atoms with Crippen LogP contribution < -0.4 is 10.1 Å². The lowest BCUT2D eigenvalue weighted by Gasteiger charge is -2.19. The second-order valence-corrected chi connectivity index (χ2v) is 6.41. The van der Waals surface area contributed by atoms with Gasteiger partial charge in [-0.2, -0.15) is 0 Å². The highest BCUT2D eigenvalue weighted by Gasteiger charge is 2.19. The zero-order valence-corrected chi connectivity index (χ0v) is 15.8. The average Bonchev–Trinajstić information content (AvgIpc) is 2.63. The molecule has 138 valence electrons. The Morgan fingerprint density at radius 3 is 2.35 bits per heavy atom. The van der Waals surface area contributed by atoms with Gasteiger partial charge in [-0.1, -0.05) is 38.1 Å². The van der Waals surface area contributed by atoms with Gasteiger partial charge in [-0.3, -0.25) is 4.79 Å². The van der Waals surface area contributed by atoms with Crippen molar-refractivity contribution in [3.8, 4) is 5.75 Å². The Labute approximate surface area is 154 Å². The van der Waals surface area contributed by atoms with Gasteiger partial charge in [-0.15, -0.1) is 0 Å². The van der Waals surface area contributed by atoms with Gasteiger partial charge in [0.2, 0.25) is 0 Å². The summed E-state index contributed by atoms with van der Waals surface area (Å²) in [7, 11) is 1.33. The number of methoxy groups -OCH3 is 1. The predicted molar refractivity (Wildman–Crippen MR) is 102 cm³/mol. The topological polar surface area (TPSA) is 64.6 Å². The number of hydrogen-bond donors (Lipinski definition) is 1. The molecule has 5 heteroatoms. The van der Waals surface area contributed by atoms with Crippen LogP contribution in [0, 0.1) is 6.92 Å². The summed E-state index contributed by atoms with van der Waals surface area (Å²) in [6.45, 7) is 7.62. The Hall–Kier alpha value is -2.82. The van der Waals surface area contributed by atoms with Crippen LogP contribution in [0.1, 0.15) is 48.2 Å². The minimum atomic E-state index is -0.684. The molecule has 1 amide bonds. The SMILES string of the molecule is COC(=O)c1cccc(NC(=O)[C@@H](C)Oc2ccccc2C(C)C)c1C. The first kappa shape index (κ1) is 19.5. The van der Waals surface area contributed by atoms with Gasteiger partial charge in [0.15, 0.2) is 6.10 Å². The van der Waals surface area contributed by atoms with Crippen molar-refractivity contribution in [1.82, 2.24) is 0 Å². The molecule has 1 N–H and O–H groups in total. The van der Waals surface area contributed by atoms with Crippen molar-refractivity contribution in [3.63, 3.8) is 0 Å². The molecule has 2 rings (SSSR count). The number of hydrogen-bond acceptors (Lipinski definition) is 4. The third-order valence-corrected chi connectivity index (χ3v) is 4.21. The number of carbonyl (C=O) groups is 2. The molecule has 5 nitrogen and oxygen atoms in total. The fourth-order valence-electron chi connectivity index (χ4n) is 2.65. The van der Waals surface area contributed by atoms with Crippen molar-refractivity contribution in [2.75, 3.05) is 12.4 Å². The first-order valence-electron chi connectivity index (χ1n) is 8.59. The first-order valence-corrected chi connectivity index (χ1v) is 8.59. The molecule has 0 unspecified atom stereocenters. The number of esters is 1. The molecule has 2 aromatic rings. The molecule has 2 aromatic carbocycles. The Morgan fingerprint density at radius 2 is 1.69 bits per heavy atom. The summed E-state index contributed by atoms with van der Waals surface area (Å²) in [4.78, 5) is 24.3. The third kappa shape index (κ3) is 4.42. The van der Waals surface area contributed by atoms with Gasteiger partial charge in [0.05, 0.1) is 12.7 Å². The van der Waals surface area contributed by atoms with E-state index < -0.39 is 12.1 Å². The fraction of sp³-hybridized carbons (Fsp3) is 0.333. The largest absolute Gasteiger partial charge is 0.481 e. The standard InChI is InChI=1S/C21H25NO4/c1-13(2)16-9-6-7-12-19(16)26-15(4)20(23)22-18-11-8-10-17(14(18)3)21(24)25-5/h6-13,15H,1-5H3,(H,22,23)/t15-/m1/s1. The molecule has 0 fully saturated rings. The second-order valence-electron chi connectivity index (χ2n) is 6.41. The lowest BCUT2D eigenvalue weighted by molar-refractivity contribution is -0.122. The van der Waals surface area contributed by atoms with E-state index in [1.807, 2.05) is 24.3 Å². The molecule has 1 atom stereocenters. The van der Waals surface area contributed by atoms with Crippen molar-refractivity contribution in [3.05, 3.63) is 59.2 Å². The van der Waals surface area contributed by atoms with Crippen LogP contribution in [-0.4, -0.2) is 25.1 Å². The summed E-state index contributed by atoms with van der Waals surface area (Å²) in [5.41, 5.74) is 2.69. The van der Waals surface area contributed by atoms with Crippen LogP contribution in [0.4, 0.5) is 5.69 Å². The van der Waals surface area contributed by atoms with Gasteiger partial charge >= 0.3 is 5.97 Å². The normalized spacial score (nSPS) is 11.8. The molecule has 0 aromatic heterocycles. The van der Waals surface area contributed by atoms with E-state index in [2.05, 4.69) is 19.2 Å². The smallest absolute Gasteiger partial charge is 0.338 e. The number of nitrogens with one attached hydrogen (secondary N) is 1. The summed E-state index contributed by atoms with van der Waals surface area (Å²) in [5, 5.41) is 2.83. The van der Waals surface area contributed by atoms with E-state index in [-0.39, 0.29) is 5.91 Å². The van der Waals surface area contributed by atoms with Gasteiger partial charge in [-0.05, 0) is 49.1 Å². The summed E-state index contributed by atoms with van der Waals surface area (Å²) in [6, 6.07) is 12.8. The number of ether oxygens (including phenoxy) is 2. The highest BCUT2D eigenvalue weighted by atomic mass is 16.5. The number of rotatable bonds is 6. The maximum Gasteiger partial charge on any atom is 0.338 e. The van der Waals surface area contributed by atoms with E-state index in [9.17, 15) is 9.59 Å². The van der Waals surface area contributed by atoms with E-state index in [4.69, 9.17) is 9.47 Å². The van der Waals surface area contributed by atoms with E-state index in [1.165, 1.54) is 7.11 Å². The van der Waals surface area contributed by atoms with Gasteiger partial charge < -0.3 is 14.8 Å². The van der Waals surface area contributed by atoms with Crippen molar-refractivity contribution >= 4 is 17.6 Å². The molecule has 0 bridgehead atoms. The molecule has 0 saturated heterocycles. The number of amides is 1. The molecular weight excluding hydrogens is 330 g/mol. The number of anilines is 1. The van der Waals surface area contributed by atoms with Crippen LogP contribution in [0.3, 0.4) is 0 Å². The van der Waals surface area contributed by atoms with Crippen molar-refractivity contribution in [1.29, 1.82) is 0 Å². The van der Waals surface area contributed by atoms with E-state index in [1.54, 1.807) is 32.0 Å². The quantitative estimate of drug-likeness (QED) is 0.784. The molecule has 0 radical (unpaired) electrons. The Bertz CT molecular complexity index is 798. The molecule has 0 spiro atoms. The maximum atomic E-state index is 12.5. The van der Waals surface area contributed by atoms with Crippen LogP contribution >= 0.6 is 0 Å². The van der Waals surface area contributed by atoms with Gasteiger partial charge in [0.1, 0.15) is 5.75 Å². The van der Waals surface area contributed by atoms with Crippen LogP contribution in [0.15, 0.2) is 42.5 Å². The van der Waals surface area contributed by atoms with E-state index in [0.717, 1.165) is 5.56 Å². The number of carbonyl (C=O) groups excluding carboxylic acids is 2. The van der Waals surface area contributed by atoms with Crippen LogP contribution in [0.5, 0.6) is 5.75 Å². The average molecular weight is 355 g/mol. The van der Waals surface area contributed by atoms with Crippen LogP contribution in [0.25, 0.3) is 0 Å². The van der Waals surface area contributed by atoms with Crippen molar-refractivity contribution in [2.45, 2.75) is 39.7 Å². The number of para-hydroxylation sites is 1. The van der Waals surface area contributed by atoms with E-state index >= 15 is 0 Å². The van der Waals surface area contributed by atoms with Crippen LogP contribution in [0.2, 0.25) is 0 Å². The fourth-order valence-corrected chi connectivity index (χ4v) is 2.65. The van der Waals surface area contributed by atoms with Gasteiger partial charge in [-0.25, -0.2) is 4.79 Å². The minimum Gasteiger partial charge on any atom is -0.481 e. The third-order valence-electron chi connectivity index (χ3n) is 4.21. The molecule has 0 heterocycles. The van der Waals surface area contributed by atoms with Crippen molar-refractivity contribution in [2.24, 2.45) is 0 Å². The summed E-state index contributed by atoms with van der Waals surface area (Å²) < 4.78 is 10.6. The van der Waals surface area contributed by atoms with Crippen LogP contribution in [-0.2, 0) is 9.53 Å². The van der Waals surface area contributed by atoms with Crippen molar-refractivity contribution < 1.29 is 19.1 Å². The summed E-state index contributed by atoms with van der Waals surface area (Å²) >= 11 is 0. The maximum absolute atomic E-state index is 12.5. The van der Waals surface area contributed by atoms with E-state index in [0.29, 0.717) is 28.5 Å². The predicted octanol–water partition coefficient (Wildman–Crippen LogP) is 4.31. The Kier molecular flexibility index (Phi) is 6.39. The minimum absolute atomic E-state index is 0.284. The summed E-state index contributed by atoms with van der Waals surface area (Å²) in [5.74, 6) is 0.271. The number of benzene rings is 2. The lowest BCUT2D eigenvalue weighted by atomic mass is 10.0. The molecule has 0 aliphatic heterocycles. The first-order chi connectivity index (χ1) is 12.3. The summed E-state index contributed by atoms with van der Waals surface area (Å²) in [6.07, 6.45) is -0.684. The Balaban J connectivity index is 2.15. The zero-order valence-electron chi connectivity index (χ0n) is 15.8. The highest BCUT2D eigenvalue weighted by Crippen LogP contribution is 2.27. The Morgan fingerprint density at radius 1 is 1.00 bits per heavy atom. The lowest BCUT2D eigenvalue weighted by Crippen LogP contribution is -2.30. The van der Waals surface area contributed by atoms with Gasteiger partial charge in [0.25, 0.3) is 5.91 Å². The molecular formula is C21H25NO4. The molecule has 0 aliphatic carbocycles. The zero-order chi connectivity index (χ0) is 19.3. The second kappa shape index (κ2) is 8.52. The molecule has 26 heavy (non-hydrogen) atoms. The highest BCUT2D eigenvalue weighted by molar-refractivity contribution is 5.98. The van der Waals surface area contributed by atoms with Gasteiger partial charge in [0, 0.05) is 5.69 Å². The monoisotopic (exact) mass is 355 g/mol. The molecule has 0 saturated carbocycles. The molecule has 0 aliphatic rings.